The lowest BCUT2D eigenvalue weighted by atomic mass is 10.1. The number of amides is 1. The van der Waals surface area contributed by atoms with Crippen LogP contribution in [0.25, 0.3) is 0 Å². The maximum absolute atomic E-state index is 10.5. The Labute approximate surface area is 72.6 Å². The minimum Gasteiger partial charge on any atom is -0.445 e. The van der Waals surface area contributed by atoms with Gasteiger partial charge in [0.05, 0.1) is 5.92 Å². The Morgan fingerprint density at radius 3 is 2.67 bits per heavy atom. The highest BCUT2D eigenvalue weighted by Crippen LogP contribution is 2.37. The molecule has 0 bridgehead atoms. The van der Waals surface area contributed by atoms with Crippen molar-refractivity contribution in [2.45, 2.75) is 32.8 Å². The first-order valence-electron chi connectivity index (χ1n) is 4.16. The molecule has 0 saturated carbocycles. The van der Waals surface area contributed by atoms with Gasteiger partial charge in [-0.3, -0.25) is 0 Å². The third kappa shape index (κ3) is 2.26. The predicted octanol–water partition coefficient (Wildman–Crippen LogP) is 1.78. The van der Waals surface area contributed by atoms with Crippen LogP contribution in [0.4, 0.5) is 4.79 Å². The Balaban J connectivity index is 2.34. The van der Waals surface area contributed by atoms with Crippen LogP contribution in [-0.4, -0.2) is 12.2 Å². The fraction of sp³-hybridized carbons (Fsp3) is 0.556. The van der Waals surface area contributed by atoms with Gasteiger partial charge in [-0.2, -0.15) is 0 Å². The number of hydrogen-bond donors (Lipinski definition) is 1. The molecule has 1 atom stereocenters. The molecule has 67 valence electrons. The topological polar surface area (TPSA) is 52.3 Å². The molecular formula is C9H14NO2. The van der Waals surface area contributed by atoms with Crippen molar-refractivity contribution in [1.29, 1.82) is 0 Å². The van der Waals surface area contributed by atoms with Gasteiger partial charge in [-0.05, 0) is 13.3 Å². The van der Waals surface area contributed by atoms with E-state index < -0.39 is 6.09 Å². The fourth-order valence-electron chi connectivity index (χ4n) is 1.22. The van der Waals surface area contributed by atoms with E-state index in [1.165, 1.54) is 5.57 Å². The van der Waals surface area contributed by atoms with Crippen molar-refractivity contribution in [2.24, 2.45) is 5.73 Å². The van der Waals surface area contributed by atoms with E-state index in [1.807, 2.05) is 13.0 Å². The first-order chi connectivity index (χ1) is 5.65. The summed E-state index contributed by atoms with van der Waals surface area (Å²) in [6.45, 7) is 4.05. The second kappa shape index (κ2) is 3.61. The maximum Gasteiger partial charge on any atom is 0.404 e. The molecule has 2 N–H and O–H groups in total. The quantitative estimate of drug-likeness (QED) is 0.695. The molecule has 1 amide bonds. The van der Waals surface area contributed by atoms with E-state index in [0.717, 1.165) is 18.8 Å². The highest BCUT2D eigenvalue weighted by Gasteiger charge is 2.32. The first kappa shape index (κ1) is 9.10. The summed E-state index contributed by atoms with van der Waals surface area (Å²) in [5.74, 6) is 1.13. The summed E-state index contributed by atoms with van der Waals surface area (Å²) in [5.41, 5.74) is 6.15. The van der Waals surface area contributed by atoms with E-state index >= 15 is 0 Å². The molecular weight excluding hydrogens is 154 g/mol. The van der Waals surface area contributed by atoms with Gasteiger partial charge in [-0.15, -0.1) is 0 Å². The van der Waals surface area contributed by atoms with Gasteiger partial charge >= 0.3 is 6.09 Å². The number of primary amides is 1. The third-order valence-corrected chi connectivity index (χ3v) is 1.90. The standard InChI is InChI=1S/C9H14NO2/c1-3-4-8(12-9(10)11)7-5-6(7)2/h5,8H,3-4H2,1-2H3,(H2,10,11). The second-order valence-electron chi connectivity index (χ2n) is 3.00. The van der Waals surface area contributed by atoms with Crippen molar-refractivity contribution in [3.05, 3.63) is 17.6 Å². The van der Waals surface area contributed by atoms with Gasteiger partial charge in [0.2, 0.25) is 0 Å². The zero-order valence-corrected chi connectivity index (χ0v) is 7.46. The van der Waals surface area contributed by atoms with Gasteiger partial charge in [0.25, 0.3) is 0 Å². The lowest BCUT2D eigenvalue weighted by Gasteiger charge is -2.14. The van der Waals surface area contributed by atoms with E-state index in [9.17, 15) is 4.79 Å². The number of nitrogens with two attached hydrogens (primary N) is 1. The molecule has 1 aliphatic carbocycles. The zero-order chi connectivity index (χ0) is 9.14. The van der Waals surface area contributed by atoms with Crippen LogP contribution in [0, 0.1) is 5.92 Å². The van der Waals surface area contributed by atoms with Gasteiger partial charge in [-0.1, -0.05) is 25.0 Å². The van der Waals surface area contributed by atoms with Crippen LogP contribution in [0.15, 0.2) is 11.6 Å². The predicted molar refractivity (Wildman–Crippen MR) is 46.4 cm³/mol. The fourth-order valence-corrected chi connectivity index (χ4v) is 1.22. The SMILES string of the molecule is CCCC(OC(N)=O)[C]1C=C1C. The van der Waals surface area contributed by atoms with Gasteiger partial charge in [0.15, 0.2) is 0 Å². The average molecular weight is 168 g/mol. The lowest BCUT2D eigenvalue weighted by Crippen LogP contribution is -2.24. The molecule has 0 aromatic rings. The van der Waals surface area contributed by atoms with Crippen LogP contribution in [0.1, 0.15) is 26.7 Å². The zero-order valence-electron chi connectivity index (χ0n) is 7.46. The molecule has 1 unspecified atom stereocenters. The molecule has 0 heterocycles. The van der Waals surface area contributed by atoms with E-state index in [2.05, 4.69) is 6.92 Å². The van der Waals surface area contributed by atoms with Gasteiger partial charge < -0.3 is 10.5 Å². The summed E-state index contributed by atoms with van der Waals surface area (Å²) in [6.07, 6.45) is 3.07. The highest BCUT2D eigenvalue weighted by molar-refractivity contribution is 5.66. The normalized spacial score (nSPS) is 18.3. The third-order valence-electron chi connectivity index (χ3n) is 1.90. The molecule has 0 spiro atoms. The summed E-state index contributed by atoms with van der Waals surface area (Å²) in [7, 11) is 0. The minimum absolute atomic E-state index is 0.104. The Kier molecular flexibility index (Phi) is 2.74. The van der Waals surface area contributed by atoms with Crippen molar-refractivity contribution in [3.63, 3.8) is 0 Å². The Morgan fingerprint density at radius 2 is 2.33 bits per heavy atom. The van der Waals surface area contributed by atoms with E-state index in [1.54, 1.807) is 0 Å². The molecule has 3 heteroatoms. The van der Waals surface area contributed by atoms with Crippen LogP contribution in [0.3, 0.4) is 0 Å². The van der Waals surface area contributed by atoms with E-state index in [4.69, 9.17) is 10.5 Å². The van der Waals surface area contributed by atoms with Crippen molar-refractivity contribution < 1.29 is 9.53 Å². The van der Waals surface area contributed by atoms with Crippen molar-refractivity contribution in [3.8, 4) is 0 Å². The van der Waals surface area contributed by atoms with Crippen molar-refractivity contribution in [2.75, 3.05) is 0 Å². The maximum atomic E-state index is 10.5. The molecule has 0 aromatic heterocycles. The van der Waals surface area contributed by atoms with E-state index in [0.29, 0.717) is 0 Å². The molecule has 1 rings (SSSR count). The largest absolute Gasteiger partial charge is 0.445 e. The van der Waals surface area contributed by atoms with Crippen LogP contribution in [0.5, 0.6) is 0 Å². The first-order valence-corrected chi connectivity index (χ1v) is 4.16. The lowest BCUT2D eigenvalue weighted by molar-refractivity contribution is 0.115. The second-order valence-corrected chi connectivity index (χ2v) is 3.00. The van der Waals surface area contributed by atoms with Crippen molar-refractivity contribution >= 4 is 6.09 Å². The van der Waals surface area contributed by atoms with Gasteiger partial charge in [-0.25, -0.2) is 4.79 Å². The van der Waals surface area contributed by atoms with Crippen LogP contribution in [-0.2, 0) is 4.74 Å². The Hall–Kier alpha value is -0.990. The van der Waals surface area contributed by atoms with E-state index in [-0.39, 0.29) is 6.10 Å². The summed E-state index contributed by atoms with van der Waals surface area (Å²) >= 11 is 0. The molecule has 0 aromatic carbocycles. The molecule has 12 heavy (non-hydrogen) atoms. The molecule has 0 aliphatic heterocycles. The number of hydrogen-bond acceptors (Lipinski definition) is 2. The number of carbonyl (C=O) groups is 1. The minimum atomic E-state index is -0.686. The Morgan fingerprint density at radius 1 is 1.75 bits per heavy atom. The highest BCUT2D eigenvalue weighted by atomic mass is 16.6. The molecule has 1 radical (unpaired) electrons. The van der Waals surface area contributed by atoms with Crippen LogP contribution >= 0.6 is 0 Å². The Bertz CT molecular complexity index is 211. The smallest absolute Gasteiger partial charge is 0.404 e. The molecule has 0 saturated heterocycles. The number of carbonyl (C=O) groups excluding carboxylic acids is 1. The van der Waals surface area contributed by atoms with Crippen LogP contribution in [0.2, 0.25) is 0 Å². The molecule has 0 fully saturated rings. The molecule has 3 nitrogen and oxygen atoms in total. The summed E-state index contributed by atoms with van der Waals surface area (Å²) < 4.78 is 4.93. The summed E-state index contributed by atoms with van der Waals surface area (Å²) in [4.78, 5) is 10.5. The van der Waals surface area contributed by atoms with Gasteiger partial charge in [0.1, 0.15) is 6.10 Å². The molecule has 1 aliphatic rings. The number of ether oxygens (including phenoxy) is 1. The van der Waals surface area contributed by atoms with Crippen molar-refractivity contribution in [1.82, 2.24) is 0 Å². The van der Waals surface area contributed by atoms with Crippen LogP contribution < -0.4 is 5.73 Å². The number of rotatable bonds is 4. The monoisotopic (exact) mass is 168 g/mol. The summed E-state index contributed by atoms with van der Waals surface area (Å²) in [6, 6.07) is 0. The average Bonchev–Trinajstić information content (AvgIpc) is 2.65. The van der Waals surface area contributed by atoms with Gasteiger partial charge in [0, 0.05) is 0 Å². The summed E-state index contributed by atoms with van der Waals surface area (Å²) in [5, 5.41) is 0.